The minimum atomic E-state index is -0.575. The Bertz CT molecular complexity index is 471. The van der Waals surface area contributed by atoms with E-state index in [1.807, 2.05) is 5.38 Å². The highest BCUT2D eigenvalue weighted by Crippen LogP contribution is 2.24. The Labute approximate surface area is 96.0 Å². The number of hydrogen-bond acceptors (Lipinski definition) is 3. The number of rotatable bonds is 3. The van der Waals surface area contributed by atoms with Crippen molar-refractivity contribution in [3.63, 3.8) is 0 Å². The van der Waals surface area contributed by atoms with E-state index in [4.69, 9.17) is 0 Å². The fourth-order valence-corrected chi connectivity index (χ4v) is 2.14. The maximum atomic E-state index is 13.6. The Kier molecular flexibility index (Phi) is 3.26. The van der Waals surface area contributed by atoms with Gasteiger partial charge in [-0.3, -0.25) is 0 Å². The van der Waals surface area contributed by atoms with Gasteiger partial charge in [-0.25, -0.2) is 13.8 Å². The van der Waals surface area contributed by atoms with Crippen LogP contribution in [-0.2, 0) is 0 Å². The van der Waals surface area contributed by atoms with Crippen LogP contribution in [-0.4, -0.2) is 12.0 Å². The minimum absolute atomic E-state index is 0.341. The molecule has 2 aromatic rings. The van der Waals surface area contributed by atoms with Crippen molar-refractivity contribution >= 4 is 11.3 Å². The van der Waals surface area contributed by atoms with Gasteiger partial charge in [0, 0.05) is 17.0 Å². The Hall–Kier alpha value is -1.33. The third-order valence-electron chi connectivity index (χ3n) is 2.31. The van der Waals surface area contributed by atoms with E-state index in [-0.39, 0.29) is 6.04 Å². The Morgan fingerprint density at radius 3 is 2.75 bits per heavy atom. The molecule has 1 N–H and O–H groups in total. The summed E-state index contributed by atoms with van der Waals surface area (Å²) in [4.78, 5) is 4.12. The second-order valence-corrected chi connectivity index (χ2v) is 4.02. The molecule has 2 rings (SSSR count). The highest BCUT2D eigenvalue weighted by molar-refractivity contribution is 7.07. The molecule has 0 aliphatic heterocycles. The van der Waals surface area contributed by atoms with Crippen LogP contribution in [0.25, 0.3) is 0 Å². The summed E-state index contributed by atoms with van der Waals surface area (Å²) in [5.41, 5.74) is 2.81. The van der Waals surface area contributed by atoms with E-state index >= 15 is 0 Å². The number of benzene rings is 1. The van der Waals surface area contributed by atoms with Gasteiger partial charge in [0.05, 0.1) is 17.2 Å². The monoisotopic (exact) mass is 240 g/mol. The maximum Gasteiger partial charge on any atom is 0.131 e. The number of aromatic nitrogens is 1. The predicted octanol–water partition coefficient (Wildman–Crippen LogP) is 2.73. The molecule has 0 bridgehead atoms. The normalized spacial score (nSPS) is 12.7. The molecule has 1 aromatic heterocycles. The van der Waals surface area contributed by atoms with Gasteiger partial charge in [0.2, 0.25) is 0 Å². The summed E-state index contributed by atoms with van der Waals surface area (Å²) in [5.74, 6) is -1.14. The molecule has 0 saturated carbocycles. The van der Waals surface area contributed by atoms with Crippen molar-refractivity contribution in [3.05, 3.63) is 52.0 Å². The van der Waals surface area contributed by atoms with Crippen molar-refractivity contribution < 1.29 is 8.78 Å². The van der Waals surface area contributed by atoms with Gasteiger partial charge in [-0.2, -0.15) is 0 Å². The molecule has 1 aromatic carbocycles. The SMILES string of the molecule is CNC(c1cscn1)c1ccc(F)cc1F. The topological polar surface area (TPSA) is 24.9 Å². The van der Waals surface area contributed by atoms with E-state index in [0.29, 0.717) is 5.56 Å². The fraction of sp³-hybridized carbons (Fsp3) is 0.182. The molecule has 0 amide bonds. The molecule has 0 aliphatic rings. The summed E-state index contributed by atoms with van der Waals surface area (Å²) in [6, 6.07) is 3.22. The van der Waals surface area contributed by atoms with Crippen molar-refractivity contribution in [2.24, 2.45) is 0 Å². The summed E-state index contributed by atoms with van der Waals surface area (Å²) in [5, 5.41) is 4.80. The summed E-state index contributed by atoms with van der Waals surface area (Å²) < 4.78 is 26.4. The van der Waals surface area contributed by atoms with E-state index < -0.39 is 11.6 Å². The number of hydrogen-bond donors (Lipinski definition) is 1. The first-order valence-corrected chi connectivity index (χ1v) is 5.67. The van der Waals surface area contributed by atoms with Crippen LogP contribution in [0.5, 0.6) is 0 Å². The first-order valence-electron chi connectivity index (χ1n) is 4.72. The molecule has 0 radical (unpaired) electrons. The van der Waals surface area contributed by atoms with E-state index in [0.717, 1.165) is 11.8 Å². The number of halogens is 2. The van der Waals surface area contributed by atoms with Crippen molar-refractivity contribution in [1.29, 1.82) is 0 Å². The van der Waals surface area contributed by atoms with E-state index in [1.54, 1.807) is 12.6 Å². The van der Waals surface area contributed by atoms with Crippen LogP contribution in [0, 0.1) is 11.6 Å². The zero-order chi connectivity index (χ0) is 11.5. The highest BCUT2D eigenvalue weighted by Gasteiger charge is 2.17. The fourth-order valence-electron chi connectivity index (χ4n) is 1.56. The molecule has 0 saturated heterocycles. The molecular formula is C11H10F2N2S. The Balaban J connectivity index is 2.41. The lowest BCUT2D eigenvalue weighted by molar-refractivity contribution is 0.549. The molecule has 2 nitrogen and oxygen atoms in total. The number of thiazole rings is 1. The van der Waals surface area contributed by atoms with Gasteiger partial charge in [0.1, 0.15) is 11.6 Å². The molecule has 1 atom stereocenters. The molecule has 1 heterocycles. The second-order valence-electron chi connectivity index (χ2n) is 3.30. The number of nitrogens with zero attached hydrogens (tertiary/aromatic N) is 1. The first-order chi connectivity index (χ1) is 7.72. The highest BCUT2D eigenvalue weighted by atomic mass is 32.1. The summed E-state index contributed by atoms with van der Waals surface area (Å²) in [6.45, 7) is 0. The van der Waals surface area contributed by atoms with Gasteiger partial charge in [0.15, 0.2) is 0 Å². The van der Waals surface area contributed by atoms with Gasteiger partial charge in [0.25, 0.3) is 0 Å². The standard InChI is InChI=1S/C11H10F2N2S/c1-14-11(10-5-16-6-15-10)8-3-2-7(12)4-9(8)13/h2-6,11,14H,1H3. The van der Waals surface area contributed by atoms with Crippen molar-refractivity contribution in [2.75, 3.05) is 7.05 Å². The minimum Gasteiger partial charge on any atom is -0.308 e. The lowest BCUT2D eigenvalue weighted by Gasteiger charge is -2.15. The molecule has 16 heavy (non-hydrogen) atoms. The van der Waals surface area contributed by atoms with Gasteiger partial charge >= 0.3 is 0 Å². The lowest BCUT2D eigenvalue weighted by Crippen LogP contribution is -2.19. The average Bonchev–Trinajstić information content (AvgIpc) is 2.75. The summed E-state index contributed by atoms with van der Waals surface area (Å²) in [6.07, 6.45) is 0. The molecule has 5 heteroatoms. The largest absolute Gasteiger partial charge is 0.308 e. The van der Waals surface area contributed by atoms with Crippen LogP contribution in [0.4, 0.5) is 8.78 Å². The second kappa shape index (κ2) is 4.67. The summed E-state index contributed by atoms with van der Waals surface area (Å²) in [7, 11) is 1.72. The third-order valence-corrected chi connectivity index (χ3v) is 2.91. The molecule has 84 valence electrons. The van der Waals surface area contributed by atoms with Crippen molar-refractivity contribution in [3.8, 4) is 0 Å². The van der Waals surface area contributed by atoms with Crippen LogP contribution in [0.15, 0.2) is 29.1 Å². The summed E-state index contributed by atoms with van der Waals surface area (Å²) >= 11 is 1.44. The van der Waals surface area contributed by atoms with E-state index in [9.17, 15) is 8.78 Å². The first kappa shape index (κ1) is 11.2. The molecular weight excluding hydrogens is 230 g/mol. The molecule has 0 fully saturated rings. The molecule has 0 spiro atoms. The zero-order valence-electron chi connectivity index (χ0n) is 8.58. The van der Waals surface area contributed by atoms with Crippen LogP contribution >= 0.6 is 11.3 Å². The average molecular weight is 240 g/mol. The van der Waals surface area contributed by atoms with Gasteiger partial charge in [-0.1, -0.05) is 6.07 Å². The quantitative estimate of drug-likeness (QED) is 0.892. The van der Waals surface area contributed by atoms with Crippen molar-refractivity contribution in [2.45, 2.75) is 6.04 Å². The third kappa shape index (κ3) is 2.10. The van der Waals surface area contributed by atoms with Gasteiger partial charge < -0.3 is 5.32 Å². The van der Waals surface area contributed by atoms with Crippen LogP contribution in [0.3, 0.4) is 0 Å². The van der Waals surface area contributed by atoms with E-state index in [1.165, 1.54) is 23.5 Å². The number of nitrogens with one attached hydrogen (secondary N) is 1. The van der Waals surface area contributed by atoms with E-state index in [2.05, 4.69) is 10.3 Å². The smallest absolute Gasteiger partial charge is 0.131 e. The van der Waals surface area contributed by atoms with Crippen molar-refractivity contribution in [1.82, 2.24) is 10.3 Å². The molecule has 0 aliphatic carbocycles. The van der Waals surface area contributed by atoms with Crippen LogP contribution in [0.1, 0.15) is 17.3 Å². The van der Waals surface area contributed by atoms with Crippen LogP contribution < -0.4 is 5.32 Å². The lowest BCUT2D eigenvalue weighted by atomic mass is 10.0. The van der Waals surface area contributed by atoms with Gasteiger partial charge in [-0.15, -0.1) is 11.3 Å². The zero-order valence-corrected chi connectivity index (χ0v) is 9.39. The maximum absolute atomic E-state index is 13.6. The van der Waals surface area contributed by atoms with Crippen LogP contribution in [0.2, 0.25) is 0 Å². The molecule has 1 unspecified atom stereocenters. The predicted molar refractivity (Wildman–Crippen MR) is 59.4 cm³/mol. The Morgan fingerprint density at radius 1 is 1.38 bits per heavy atom. The van der Waals surface area contributed by atoms with Gasteiger partial charge in [-0.05, 0) is 13.1 Å². The Morgan fingerprint density at radius 2 is 2.19 bits per heavy atom.